The lowest BCUT2D eigenvalue weighted by Gasteiger charge is -2.12. The molecule has 0 aliphatic heterocycles. The van der Waals surface area contributed by atoms with Crippen molar-refractivity contribution in [2.24, 2.45) is 0 Å². The van der Waals surface area contributed by atoms with E-state index in [1.165, 1.54) is 42.2 Å². The van der Waals surface area contributed by atoms with Crippen LogP contribution in [0.2, 0.25) is 0 Å². The number of halogens is 3. The van der Waals surface area contributed by atoms with Crippen molar-refractivity contribution in [2.75, 3.05) is 0 Å². The molecule has 0 aliphatic carbocycles. The fourth-order valence-electron chi connectivity index (χ4n) is 4.55. The lowest BCUT2D eigenvalue weighted by Crippen LogP contribution is -1.88. The third kappa shape index (κ3) is 3.92. The quantitative estimate of drug-likeness (QED) is 0.142. The van der Waals surface area contributed by atoms with E-state index >= 15 is 0 Å². The number of H-pyrrole nitrogens is 1. The van der Waals surface area contributed by atoms with E-state index in [-0.39, 0.29) is 0 Å². The Balaban J connectivity index is 1.69. The van der Waals surface area contributed by atoms with Gasteiger partial charge in [-0.3, -0.25) is 0 Å². The zero-order chi connectivity index (χ0) is 23.2. The minimum atomic E-state index is 1.08. The molecule has 0 aliphatic rings. The molecule has 0 amide bonds. The molecule has 0 atom stereocenters. The fourth-order valence-corrected chi connectivity index (χ4v) is 6.34. The van der Waals surface area contributed by atoms with Crippen LogP contribution >= 0.6 is 54.5 Å². The second-order valence-corrected chi connectivity index (χ2v) is 11.2. The van der Waals surface area contributed by atoms with E-state index in [0.717, 1.165) is 25.5 Å². The Labute approximate surface area is 228 Å². The van der Waals surface area contributed by atoms with E-state index in [1.54, 1.807) is 0 Å². The first-order valence-electron chi connectivity index (χ1n) is 10.9. The molecule has 0 radical (unpaired) electrons. The Kier molecular flexibility index (Phi) is 5.84. The van der Waals surface area contributed by atoms with E-state index in [9.17, 15) is 0 Å². The molecule has 34 heavy (non-hydrogen) atoms. The van der Waals surface area contributed by atoms with Crippen LogP contribution < -0.4 is 0 Å². The number of hydrogen-bond donors (Lipinski definition) is 1. The van der Waals surface area contributed by atoms with Gasteiger partial charge in [0.25, 0.3) is 0 Å². The van der Waals surface area contributed by atoms with Gasteiger partial charge in [-0.25, -0.2) is 0 Å². The van der Waals surface area contributed by atoms with Crippen molar-refractivity contribution in [3.8, 4) is 33.4 Å². The summed E-state index contributed by atoms with van der Waals surface area (Å²) >= 11 is 9.92. The molecule has 0 spiro atoms. The second kappa shape index (κ2) is 8.99. The average Bonchev–Trinajstić information content (AvgIpc) is 3.25. The molecule has 1 aromatic heterocycles. The van der Waals surface area contributed by atoms with Crippen molar-refractivity contribution in [2.45, 2.75) is 0 Å². The third-order valence-corrected chi connectivity index (χ3v) is 9.17. The number of nitrogens with one attached hydrogen (secondary N) is 1. The molecule has 1 heterocycles. The van der Waals surface area contributed by atoms with Gasteiger partial charge in [0.05, 0.1) is 5.52 Å². The summed E-state index contributed by atoms with van der Waals surface area (Å²) in [7, 11) is 0. The van der Waals surface area contributed by atoms with Crippen LogP contribution in [0.15, 0.2) is 112 Å². The molecule has 6 rings (SSSR count). The maximum Gasteiger partial charge on any atom is 0.0545 e. The first-order chi connectivity index (χ1) is 16.6. The summed E-state index contributed by atoms with van der Waals surface area (Å²) in [6.45, 7) is 0. The zero-order valence-electron chi connectivity index (χ0n) is 17.9. The topological polar surface area (TPSA) is 15.8 Å². The van der Waals surface area contributed by atoms with Crippen molar-refractivity contribution in [3.05, 3.63) is 116 Å². The number of fused-ring (bicyclic) bond motifs is 3. The van der Waals surface area contributed by atoms with Gasteiger partial charge in [0.1, 0.15) is 0 Å². The molecule has 0 saturated carbocycles. The molecule has 0 fully saturated rings. The van der Waals surface area contributed by atoms with Gasteiger partial charge >= 0.3 is 0 Å². The predicted molar refractivity (Wildman–Crippen MR) is 160 cm³/mol. The summed E-state index contributed by atoms with van der Waals surface area (Å²) in [6.07, 6.45) is 0. The summed E-state index contributed by atoms with van der Waals surface area (Å²) in [5.74, 6) is 0. The molecule has 4 heteroatoms. The first kappa shape index (κ1) is 22.1. The van der Waals surface area contributed by atoms with E-state index < -0.39 is 0 Å². The SMILES string of the molecule is Brc1cc(-c2cc(-c3ccccc3)cc3c2[nH]c2ccc(-c4ccccc4)cc23)c(Br)cc1I. The van der Waals surface area contributed by atoms with Crippen LogP contribution in [-0.2, 0) is 0 Å². The molecule has 164 valence electrons. The van der Waals surface area contributed by atoms with Crippen LogP contribution in [0.25, 0.3) is 55.2 Å². The van der Waals surface area contributed by atoms with Crippen molar-refractivity contribution in [3.63, 3.8) is 0 Å². The molecule has 1 N–H and O–H groups in total. The third-order valence-electron chi connectivity index (χ3n) is 6.22. The monoisotopic (exact) mass is 677 g/mol. The fraction of sp³-hybridized carbons (Fsp3) is 0. The van der Waals surface area contributed by atoms with Crippen LogP contribution in [0.4, 0.5) is 0 Å². The molecule has 6 aromatic rings. The van der Waals surface area contributed by atoms with Crippen LogP contribution in [0, 0.1) is 3.57 Å². The highest BCUT2D eigenvalue weighted by molar-refractivity contribution is 14.1. The number of rotatable bonds is 3. The summed E-state index contributed by atoms with van der Waals surface area (Å²) in [5.41, 5.74) is 9.48. The Bertz CT molecular complexity index is 1670. The Morgan fingerprint density at radius 3 is 1.88 bits per heavy atom. The van der Waals surface area contributed by atoms with Crippen molar-refractivity contribution < 1.29 is 0 Å². The Hall–Kier alpha value is -2.41. The van der Waals surface area contributed by atoms with Gasteiger partial charge in [-0.2, -0.15) is 0 Å². The lowest BCUT2D eigenvalue weighted by molar-refractivity contribution is 1.50. The number of aromatic nitrogens is 1. The highest BCUT2D eigenvalue weighted by atomic mass is 127. The van der Waals surface area contributed by atoms with E-state index in [0.29, 0.717) is 0 Å². The summed E-state index contributed by atoms with van der Waals surface area (Å²) < 4.78 is 3.34. The number of aromatic amines is 1. The molecule has 1 nitrogen and oxygen atoms in total. The van der Waals surface area contributed by atoms with Crippen LogP contribution in [0.1, 0.15) is 0 Å². The van der Waals surface area contributed by atoms with Gasteiger partial charge in [-0.05, 0) is 103 Å². The van der Waals surface area contributed by atoms with Gasteiger partial charge in [0.15, 0.2) is 0 Å². The predicted octanol–water partition coefficient (Wildman–Crippen LogP) is 10.5. The lowest BCUT2D eigenvalue weighted by atomic mass is 9.95. The number of hydrogen-bond acceptors (Lipinski definition) is 0. The van der Waals surface area contributed by atoms with E-state index in [4.69, 9.17) is 0 Å². The normalized spacial score (nSPS) is 11.4. The van der Waals surface area contributed by atoms with Gasteiger partial charge in [0.2, 0.25) is 0 Å². The molecule has 0 saturated heterocycles. The van der Waals surface area contributed by atoms with E-state index in [2.05, 4.69) is 163 Å². The van der Waals surface area contributed by atoms with Crippen LogP contribution in [0.5, 0.6) is 0 Å². The van der Waals surface area contributed by atoms with Crippen LogP contribution in [0.3, 0.4) is 0 Å². The maximum atomic E-state index is 3.83. The Morgan fingerprint density at radius 2 is 1.18 bits per heavy atom. The number of benzene rings is 5. The molecular weight excluding hydrogens is 661 g/mol. The van der Waals surface area contributed by atoms with Gasteiger partial charge in [-0.15, -0.1) is 0 Å². The Morgan fingerprint density at radius 1 is 0.529 bits per heavy atom. The largest absolute Gasteiger partial charge is 0.354 e. The smallest absolute Gasteiger partial charge is 0.0545 e. The summed E-state index contributed by atoms with van der Waals surface area (Å²) in [6, 6.07) is 36.9. The zero-order valence-corrected chi connectivity index (χ0v) is 23.3. The van der Waals surface area contributed by atoms with Gasteiger partial charge in [0, 0.05) is 34.4 Å². The molecule has 0 unspecified atom stereocenters. The summed E-state index contributed by atoms with van der Waals surface area (Å²) in [4.78, 5) is 3.73. The average molecular weight is 679 g/mol. The second-order valence-electron chi connectivity index (χ2n) is 8.31. The van der Waals surface area contributed by atoms with Crippen LogP contribution in [-0.4, -0.2) is 4.98 Å². The first-order valence-corrected chi connectivity index (χ1v) is 13.6. The maximum absolute atomic E-state index is 3.83. The standard InChI is InChI=1S/C30H18Br2IN/c31-26-17-28(33)27(32)16-22(26)24-14-21(19-9-5-2-6-10-19)15-25-23-13-20(18-7-3-1-4-8-18)11-12-29(23)34-30(24)25/h1-17,34H. The minimum Gasteiger partial charge on any atom is -0.354 e. The van der Waals surface area contributed by atoms with Gasteiger partial charge in [-0.1, -0.05) is 82.7 Å². The van der Waals surface area contributed by atoms with Crippen molar-refractivity contribution >= 4 is 76.3 Å². The van der Waals surface area contributed by atoms with E-state index in [1.807, 2.05) is 0 Å². The molecule has 0 bridgehead atoms. The highest BCUT2D eigenvalue weighted by Gasteiger charge is 2.16. The van der Waals surface area contributed by atoms with Crippen molar-refractivity contribution in [1.82, 2.24) is 4.98 Å². The molecule has 5 aromatic carbocycles. The van der Waals surface area contributed by atoms with Crippen molar-refractivity contribution in [1.29, 1.82) is 0 Å². The van der Waals surface area contributed by atoms with Gasteiger partial charge < -0.3 is 4.98 Å². The molecular formula is C30H18Br2IN. The minimum absolute atomic E-state index is 1.08. The highest BCUT2D eigenvalue weighted by Crippen LogP contribution is 2.42. The summed E-state index contributed by atoms with van der Waals surface area (Å²) in [5, 5.41) is 2.46.